The van der Waals surface area contributed by atoms with Crippen molar-refractivity contribution in [3.8, 4) is 45.6 Å². The van der Waals surface area contributed by atoms with E-state index in [2.05, 4.69) is 4.98 Å². The SMILES string of the molecule is Clc1cc2c(c(Cl)c1Cl)-c1nc-2nc2[nH]c(nc3nc(nc4c5c(Cl)c(Cl)c(Cl)c(Cl)c5c(n1)n4Cl)-c1c(Cl)c(Cl)c(Cl)c(Cl)c1-3)c1c(Cl)c(Cl)c(Cl)c(Cl)c21. The molecule has 0 aliphatic carbocycles. The molecule has 9 rings (SSSR count). The maximum absolute atomic E-state index is 7.09. The Morgan fingerprint density at radius 2 is 0.714 bits per heavy atom. The molecular weight excluding hydrogens is 1060 g/mol. The molecule has 2 aliphatic rings. The highest BCUT2D eigenvalue weighted by Gasteiger charge is 2.33. The molecule has 0 saturated heterocycles. The zero-order chi connectivity index (χ0) is 40.1. The van der Waals surface area contributed by atoms with Crippen molar-refractivity contribution < 1.29 is 0 Å². The van der Waals surface area contributed by atoms with Gasteiger partial charge in [-0.2, -0.15) is 0 Å². The first-order valence-electron chi connectivity index (χ1n) is 14.7. The van der Waals surface area contributed by atoms with Gasteiger partial charge in [0.2, 0.25) is 0 Å². The first-order valence-corrected chi connectivity index (χ1v) is 20.7. The lowest BCUT2D eigenvalue weighted by Crippen LogP contribution is -1.90. The Bertz CT molecular complexity index is 3230. The maximum Gasteiger partial charge on any atom is 0.166 e. The van der Waals surface area contributed by atoms with Crippen LogP contribution in [0.2, 0.25) is 75.3 Å². The van der Waals surface area contributed by atoms with Crippen molar-refractivity contribution in [2.75, 3.05) is 0 Å². The Morgan fingerprint density at radius 3 is 1.20 bits per heavy atom. The van der Waals surface area contributed by atoms with Gasteiger partial charge in [-0.3, -0.25) is 0 Å². The van der Waals surface area contributed by atoms with Crippen molar-refractivity contribution in [3.05, 3.63) is 81.4 Å². The highest BCUT2D eigenvalue weighted by molar-refractivity contribution is 6.59. The minimum atomic E-state index is -0.114. The van der Waals surface area contributed by atoms with Gasteiger partial charge in [0.15, 0.2) is 34.6 Å². The first-order chi connectivity index (χ1) is 26.4. The number of halogens is 16. The van der Waals surface area contributed by atoms with Gasteiger partial charge in [0.1, 0.15) is 11.3 Å². The van der Waals surface area contributed by atoms with Gasteiger partial charge < -0.3 is 4.98 Å². The van der Waals surface area contributed by atoms with E-state index in [0.29, 0.717) is 5.56 Å². The first kappa shape index (κ1) is 40.3. The molecule has 1 N–H and O–H groups in total. The summed E-state index contributed by atoms with van der Waals surface area (Å²) < 4.78 is 1.03. The van der Waals surface area contributed by atoms with Crippen LogP contribution in [-0.4, -0.2) is 39.0 Å². The monoisotopic (exact) mass is 1060 g/mol. The molecule has 0 fully saturated rings. The third kappa shape index (κ3) is 5.64. The smallest absolute Gasteiger partial charge is 0.166 e. The summed E-state index contributed by atoms with van der Waals surface area (Å²) in [5, 5.41) is -0.314. The van der Waals surface area contributed by atoms with E-state index >= 15 is 0 Å². The lowest BCUT2D eigenvalue weighted by Gasteiger charge is -2.09. The quantitative estimate of drug-likeness (QED) is 0.120. The van der Waals surface area contributed by atoms with Crippen LogP contribution >= 0.6 is 186 Å². The molecular formula is C32H2Cl16N8. The van der Waals surface area contributed by atoms with Crippen molar-refractivity contribution in [1.29, 1.82) is 0 Å². The molecule has 0 radical (unpaired) electrons. The van der Waals surface area contributed by atoms with Crippen LogP contribution in [0.5, 0.6) is 0 Å². The average Bonchev–Trinajstić information content (AvgIpc) is 3.89. The van der Waals surface area contributed by atoms with E-state index in [1.54, 1.807) is 0 Å². The summed E-state index contributed by atoms with van der Waals surface area (Å²) in [4.78, 5) is 31.8. The summed E-state index contributed by atoms with van der Waals surface area (Å²) in [5.74, 6) is -0.232. The number of aromatic nitrogens is 8. The zero-order valence-corrected chi connectivity index (χ0v) is 37.9. The third-order valence-corrected chi connectivity index (χ3v) is 15.7. The molecule has 0 amide bonds. The summed E-state index contributed by atoms with van der Waals surface area (Å²) in [6, 6.07) is 1.50. The van der Waals surface area contributed by atoms with Gasteiger partial charge in [-0.05, 0) is 6.07 Å². The summed E-state index contributed by atoms with van der Waals surface area (Å²) in [5.41, 5.74) is 0.647. The Kier molecular flexibility index (Phi) is 10.2. The molecule has 0 atom stereocenters. The third-order valence-electron chi connectivity index (χ3n) is 8.69. The predicted octanol–water partition coefficient (Wildman–Crippen LogP) is 17.1. The predicted molar refractivity (Wildman–Crippen MR) is 236 cm³/mol. The van der Waals surface area contributed by atoms with Gasteiger partial charge in [-0.25, -0.2) is 34.0 Å². The topological polar surface area (TPSA) is 98.1 Å². The molecule has 0 unspecified atom stereocenters. The zero-order valence-electron chi connectivity index (χ0n) is 25.8. The number of benzene rings is 4. The van der Waals surface area contributed by atoms with Crippen molar-refractivity contribution in [1.82, 2.24) is 39.0 Å². The molecule has 56 heavy (non-hydrogen) atoms. The van der Waals surface area contributed by atoms with Gasteiger partial charge in [0, 0.05) is 17.3 Å². The van der Waals surface area contributed by atoms with Crippen LogP contribution in [0.1, 0.15) is 0 Å². The van der Waals surface area contributed by atoms with Crippen LogP contribution in [0, 0.1) is 0 Å². The molecule has 3 aromatic heterocycles. The fourth-order valence-electron chi connectivity index (χ4n) is 6.24. The van der Waals surface area contributed by atoms with Crippen molar-refractivity contribution in [2.45, 2.75) is 0 Å². The molecule has 8 bridgehead atoms. The minimum absolute atomic E-state index is 0.00141. The van der Waals surface area contributed by atoms with Gasteiger partial charge in [-0.1, -0.05) is 174 Å². The van der Waals surface area contributed by atoms with E-state index in [9.17, 15) is 0 Å². The fraction of sp³-hybridized carbons (Fsp3) is 0. The lowest BCUT2D eigenvalue weighted by molar-refractivity contribution is 1.17. The average molecular weight is 1070 g/mol. The highest BCUT2D eigenvalue weighted by Crippen LogP contribution is 2.53. The summed E-state index contributed by atoms with van der Waals surface area (Å²) in [7, 11) is 0. The Balaban J connectivity index is 1.62. The number of aromatic amines is 1. The molecule has 24 heteroatoms. The Labute approximate surface area is 391 Å². The number of fused-ring (bicyclic) bond motifs is 20. The van der Waals surface area contributed by atoms with E-state index < -0.39 is 0 Å². The summed E-state index contributed by atoms with van der Waals surface area (Å²) >= 11 is 107. The number of rotatable bonds is 0. The molecule has 2 aliphatic heterocycles. The molecule has 282 valence electrons. The standard InChI is InChI=1S/C32H2Cl16N8/c33-3-1-2-4(12(35)11(3)34)26-49-25(2)50-27-5-6(14(37)20(43)19(42)13(5)36)28(51-27)52-29-7-8(16(39)22(45)21(44)15(7)38)30(53-29)55-32-10-9(31(54-26)56(32)48)17(40)23(46)24(47)18(10)41/h1H,(H,49,50,51,52,53,54,55). The van der Waals surface area contributed by atoms with Crippen molar-refractivity contribution in [2.24, 2.45) is 0 Å². The number of nitrogens with one attached hydrogen (secondary N) is 1. The van der Waals surface area contributed by atoms with E-state index in [4.69, 9.17) is 216 Å². The van der Waals surface area contributed by atoms with Crippen LogP contribution in [0.15, 0.2) is 6.07 Å². The minimum Gasteiger partial charge on any atom is -0.324 e. The normalized spacial score (nSPS) is 12.3. The van der Waals surface area contributed by atoms with Crippen LogP contribution in [-0.2, 0) is 0 Å². The number of hydrogen-bond acceptors (Lipinski definition) is 6. The van der Waals surface area contributed by atoms with Crippen LogP contribution in [0.4, 0.5) is 0 Å². The van der Waals surface area contributed by atoms with E-state index in [1.807, 2.05) is 0 Å². The number of H-pyrrole nitrogens is 1. The molecule has 7 aromatic rings. The van der Waals surface area contributed by atoms with Crippen LogP contribution in [0.25, 0.3) is 89.7 Å². The highest BCUT2D eigenvalue weighted by atomic mass is 35.5. The van der Waals surface area contributed by atoms with Gasteiger partial charge >= 0.3 is 0 Å². The van der Waals surface area contributed by atoms with E-state index in [-0.39, 0.29) is 159 Å². The second-order valence-electron chi connectivity index (χ2n) is 11.6. The fourth-order valence-corrected chi connectivity index (χ4v) is 10.2. The Hall–Kier alpha value is -1.12. The summed E-state index contributed by atoms with van der Waals surface area (Å²) in [6.07, 6.45) is 0. The van der Waals surface area contributed by atoms with E-state index in [1.165, 1.54) is 6.07 Å². The van der Waals surface area contributed by atoms with Crippen molar-refractivity contribution in [3.63, 3.8) is 0 Å². The largest absolute Gasteiger partial charge is 0.324 e. The Morgan fingerprint density at radius 1 is 0.357 bits per heavy atom. The van der Waals surface area contributed by atoms with Gasteiger partial charge in [0.25, 0.3) is 0 Å². The van der Waals surface area contributed by atoms with Gasteiger partial charge in [0.05, 0.1) is 114 Å². The van der Waals surface area contributed by atoms with Crippen molar-refractivity contribution >= 4 is 230 Å². The molecule has 4 aromatic carbocycles. The summed E-state index contributed by atoms with van der Waals surface area (Å²) in [6.45, 7) is 0. The van der Waals surface area contributed by atoms with Crippen LogP contribution in [0.3, 0.4) is 0 Å². The number of nitrogens with zero attached hydrogens (tertiary/aromatic N) is 7. The second-order valence-corrected chi connectivity index (χ2v) is 17.7. The van der Waals surface area contributed by atoms with Gasteiger partial charge in [-0.15, -0.1) is 0 Å². The number of hydrogen-bond donors (Lipinski definition) is 1. The maximum atomic E-state index is 7.09. The molecule has 8 nitrogen and oxygen atoms in total. The molecule has 0 spiro atoms. The lowest BCUT2D eigenvalue weighted by atomic mass is 10.1. The van der Waals surface area contributed by atoms with Crippen LogP contribution < -0.4 is 0 Å². The second kappa shape index (κ2) is 14.2. The van der Waals surface area contributed by atoms with E-state index in [0.717, 1.165) is 4.09 Å². The molecule has 0 saturated carbocycles. The molecule has 5 heterocycles.